The standard InChI is InChI=1S/C26H31N3O2S/c1-18-13-19(2)24-21(14-18)15-22(25(30)28-24)16-29(17-23-9-6-12-31-23)26(32)27-11-10-20-7-4-3-5-8-20/h3-5,7-8,13-15,23H,6,9-12,16-17H2,1-2H3,(H,27,32)(H,28,30). The summed E-state index contributed by atoms with van der Waals surface area (Å²) >= 11 is 5.75. The number of benzene rings is 2. The van der Waals surface area contributed by atoms with Crippen LogP contribution in [0.15, 0.2) is 53.3 Å². The summed E-state index contributed by atoms with van der Waals surface area (Å²) in [5.74, 6) is 0. The van der Waals surface area contributed by atoms with Gasteiger partial charge in [-0.05, 0) is 74.0 Å². The van der Waals surface area contributed by atoms with Gasteiger partial charge in [-0.3, -0.25) is 4.79 Å². The lowest BCUT2D eigenvalue weighted by Gasteiger charge is -2.28. The predicted molar refractivity (Wildman–Crippen MR) is 134 cm³/mol. The van der Waals surface area contributed by atoms with Gasteiger partial charge in [0.25, 0.3) is 5.56 Å². The molecule has 2 N–H and O–H groups in total. The Balaban J connectivity index is 1.51. The zero-order chi connectivity index (χ0) is 22.5. The maximum absolute atomic E-state index is 12.9. The molecule has 0 bridgehead atoms. The van der Waals surface area contributed by atoms with Gasteiger partial charge in [-0.25, -0.2) is 0 Å². The number of H-pyrrole nitrogens is 1. The van der Waals surface area contributed by atoms with Gasteiger partial charge in [0.15, 0.2) is 5.11 Å². The molecule has 32 heavy (non-hydrogen) atoms. The Morgan fingerprint density at radius 2 is 2.03 bits per heavy atom. The van der Waals surface area contributed by atoms with Gasteiger partial charge in [-0.1, -0.05) is 42.0 Å². The number of rotatable bonds is 7. The maximum Gasteiger partial charge on any atom is 0.253 e. The number of aryl methyl sites for hydroxylation is 2. The Morgan fingerprint density at radius 3 is 2.78 bits per heavy atom. The first-order chi connectivity index (χ1) is 15.5. The number of aromatic amines is 1. The summed E-state index contributed by atoms with van der Waals surface area (Å²) in [4.78, 5) is 18.0. The van der Waals surface area contributed by atoms with Gasteiger partial charge in [0.2, 0.25) is 0 Å². The molecule has 0 radical (unpaired) electrons. The van der Waals surface area contributed by atoms with Crippen molar-refractivity contribution in [2.45, 2.75) is 45.8 Å². The van der Waals surface area contributed by atoms with E-state index in [-0.39, 0.29) is 11.7 Å². The zero-order valence-corrected chi connectivity index (χ0v) is 19.6. The Kier molecular flexibility index (Phi) is 7.22. The fourth-order valence-corrected chi connectivity index (χ4v) is 4.62. The summed E-state index contributed by atoms with van der Waals surface area (Å²) in [6.07, 6.45) is 3.13. The lowest BCUT2D eigenvalue weighted by molar-refractivity contribution is 0.0897. The SMILES string of the molecule is Cc1cc(C)c2[nH]c(=O)c(CN(CC3CCCO3)C(=S)NCCc3ccccc3)cc2c1. The van der Waals surface area contributed by atoms with Crippen molar-refractivity contribution >= 4 is 28.2 Å². The fourth-order valence-electron chi connectivity index (χ4n) is 4.38. The summed E-state index contributed by atoms with van der Waals surface area (Å²) in [6.45, 7) is 6.78. The van der Waals surface area contributed by atoms with Crippen LogP contribution in [0.25, 0.3) is 10.9 Å². The quantitative estimate of drug-likeness (QED) is 0.529. The summed E-state index contributed by atoms with van der Waals surface area (Å²) in [5, 5.41) is 5.11. The molecule has 6 heteroatoms. The van der Waals surface area contributed by atoms with Crippen LogP contribution in [0, 0.1) is 13.8 Å². The van der Waals surface area contributed by atoms with Crippen molar-refractivity contribution in [1.29, 1.82) is 0 Å². The van der Waals surface area contributed by atoms with E-state index in [0.717, 1.165) is 48.9 Å². The number of hydrogen-bond acceptors (Lipinski definition) is 3. The Hall–Kier alpha value is -2.70. The van der Waals surface area contributed by atoms with E-state index in [0.29, 0.717) is 23.8 Å². The number of hydrogen-bond donors (Lipinski definition) is 2. The molecule has 5 nitrogen and oxygen atoms in total. The van der Waals surface area contributed by atoms with Crippen molar-refractivity contribution in [3.63, 3.8) is 0 Å². The van der Waals surface area contributed by atoms with Crippen molar-refractivity contribution in [1.82, 2.24) is 15.2 Å². The molecule has 0 spiro atoms. The molecule has 2 aromatic carbocycles. The summed E-state index contributed by atoms with van der Waals surface area (Å²) in [5.41, 5.74) is 5.09. The molecule has 1 aliphatic rings. The van der Waals surface area contributed by atoms with Gasteiger partial charge in [0.1, 0.15) is 0 Å². The molecule has 1 atom stereocenters. The normalized spacial score (nSPS) is 15.8. The number of ether oxygens (including phenoxy) is 1. The van der Waals surface area contributed by atoms with E-state index in [4.69, 9.17) is 17.0 Å². The molecule has 168 valence electrons. The van der Waals surface area contributed by atoms with Crippen LogP contribution in [0.1, 0.15) is 35.1 Å². The van der Waals surface area contributed by atoms with Crippen LogP contribution in [0.4, 0.5) is 0 Å². The average molecular weight is 450 g/mol. The highest BCUT2D eigenvalue weighted by Gasteiger charge is 2.22. The largest absolute Gasteiger partial charge is 0.376 e. The van der Waals surface area contributed by atoms with Crippen molar-refractivity contribution in [2.75, 3.05) is 19.7 Å². The molecular weight excluding hydrogens is 418 g/mol. The number of aromatic nitrogens is 1. The topological polar surface area (TPSA) is 57.4 Å². The van der Waals surface area contributed by atoms with Crippen molar-refractivity contribution in [2.24, 2.45) is 0 Å². The molecule has 1 saturated heterocycles. The zero-order valence-electron chi connectivity index (χ0n) is 18.8. The van der Waals surface area contributed by atoms with Crippen LogP contribution < -0.4 is 10.9 Å². The van der Waals surface area contributed by atoms with Crippen molar-refractivity contribution in [3.8, 4) is 0 Å². The number of fused-ring (bicyclic) bond motifs is 1. The molecule has 4 rings (SSSR count). The minimum absolute atomic E-state index is 0.0612. The first kappa shape index (κ1) is 22.5. The molecule has 1 aromatic heterocycles. The first-order valence-electron chi connectivity index (χ1n) is 11.3. The summed E-state index contributed by atoms with van der Waals surface area (Å²) in [6, 6.07) is 16.6. The van der Waals surface area contributed by atoms with E-state index in [1.165, 1.54) is 11.1 Å². The van der Waals surface area contributed by atoms with Gasteiger partial charge >= 0.3 is 0 Å². The monoisotopic (exact) mass is 449 g/mol. The molecule has 0 saturated carbocycles. The predicted octanol–water partition coefficient (Wildman–Crippen LogP) is 4.24. The van der Waals surface area contributed by atoms with Crippen LogP contribution in [-0.2, 0) is 17.7 Å². The number of thiocarbonyl (C=S) groups is 1. The van der Waals surface area contributed by atoms with Gasteiger partial charge in [0, 0.05) is 25.3 Å². The Bertz CT molecular complexity index is 1140. The molecule has 1 fully saturated rings. The molecule has 3 aromatic rings. The molecule has 1 aliphatic heterocycles. The maximum atomic E-state index is 12.9. The van der Waals surface area contributed by atoms with Crippen molar-refractivity contribution in [3.05, 3.63) is 81.1 Å². The second-order valence-electron chi connectivity index (χ2n) is 8.65. The molecule has 1 unspecified atom stereocenters. The number of pyridine rings is 1. The van der Waals surface area contributed by atoms with Crippen LogP contribution in [-0.4, -0.2) is 40.8 Å². The lowest BCUT2D eigenvalue weighted by atomic mass is 10.1. The van der Waals surface area contributed by atoms with Crippen LogP contribution in [0.5, 0.6) is 0 Å². The minimum atomic E-state index is -0.0612. The molecule has 2 heterocycles. The van der Waals surface area contributed by atoms with E-state index in [1.807, 2.05) is 31.2 Å². The highest BCUT2D eigenvalue weighted by Crippen LogP contribution is 2.19. The highest BCUT2D eigenvalue weighted by molar-refractivity contribution is 7.80. The Morgan fingerprint density at radius 1 is 1.22 bits per heavy atom. The fraction of sp³-hybridized carbons (Fsp3) is 0.385. The molecule has 0 amide bonds. The van der Waals surface area contributed by atoms with E-state index in [2.05, 4.69) is 46.4 Å². The van der Waals surface area contributed by atoms with Gasteiger partial charge in [-0.15, -0.1) is 0 Å². The summed E-state index contributed by atoms with van der Waals surface area (Å²) < 4.78 is 5.86. The van der Waals surface area contributed by atoms with Crippen LogP contribution in [0.2, 0.25) is 0 Å². The van der Waals surface area contributed by atoms with Gasteiger partial charge in [-0.2, -0.15) is 0 Å². The van der Waals surface area contributed by atoms with Crippen LogP contribution in [0.3, 0.4) is 0 Å². The second-order valence-corrected chi connectivity index (χ2v) is 9.04. The number of nitrogens with one attached hydrogen (secondary N) is 2. The summed E-state index contributed by atoms with van der Waals surface area (Å²) in [7, 11) is 0. The third-order valence-electron chi connectivity index (χ3n) is 6.00. The first-order valence-corrected chi connectivity index (χ1v) is 11.7. The average Bonchev–Trinajstić information content (AvgIpc) is 3.28. The van der Waals surface area contributed by atoms with E-state index >= 15 is 0 Å². The molecular formula is C26H31N3O2S. The minimum Gasteiger partial charge on any atom is -0.376 e. The van der Waals surface area contributed by atoms with E-state index < -0.39 is 0 Å². The lowest BCUT2D eigenvalue weighted by Crippen LogP contribution is -2.44. The van der Waals surface area contributed by atoms with Gasteiger partial charge in [0.05, 0.1) is 18.2 Å². The van der Waals surface area contributed by atoms with Crippen LogP contribution >= 0.6 is 12.2 Å². The highest BCUT2D eigenvalue weighted by atomic mass is 32.1. The molecule has 0 aliphatic carbocycles. The third kappa shape index (κ3) is 5.56. The smallest absolute Gasteiger partial charge is 0.253 e. The third-order valence-corrected chi connectivity index (χ3v) is 6.40. The van der Waals surface area contributed by atoms with E-state index in [9.17, 15) is 4.79 Å². The Labute approximate surface area is 194 Å². The number of nitrogens with zero attached hydrogens (tertiary/aromatic N) is 1. The second kappa shape index (κ2) is 10.3. The van der Waals surface area contributed by atoms with Gasteiger partial charge < -0.3 is 19.9 Å². The van der Waals surface area contributed by atoms with Crippen molar-refractivity contribution < 1.29 is 4.74 Å². The van der Waals surface area contributed by atoms with E-state index in [1.54, 1.807) is 0 Å².